The smallest absolute Gasteiger partial charge is 0.305 e. The van der Waals surface area contributed by atoms with Gasteiger partial charge in [-0.1, -0.05) is 6.92 Å². The van der Waals surface area contributed by atoms with Gasteiger partial charge in [0.15, 0.2) is 6.29 Å². The molecule has 2 N–H and O–H groups in total. The number of hydrogen-bond acceptors (Lipinski definition) is 6. The van der Waals surface area contributed by atoms with Crippen molar-refractivity contribution in [2.45, 2.75) is 51.6 Å². The first-order chi connectivity index (χ1) is 11.5. The number of ether oxygens (including phenoxy) is 3. The number of carbonyl (C=O) groups is 2. The minimum absolute atomic E-state index is 0.00910. The Labute approximate surface area is 140 Å². The summed E-state index contributed by atoms with van der Waals surface area (Å²) < 4.78 is 16.4. The number of anilines is 1. The Kier molecular flexibility index (Phi) is 6.57. The highest BCUT2D eigenvalue weighted by Gasteiger charge is 2.32. The van der Waals surface area contributed by atoms with Crippen LogP contribution in [0.5, 0.6) is 5.75 Å². The lowest BCUT2D eigenvalue weighted by Gasteiger charge is -2.33. The number of esters is 1. The zero-order valence-electron chi connectivity index (χ0n) is 13.9. The molecule has 0 bridgehead atoms. The van der Waals surface area contributed by atoms with Gasteiger partial charge in [0.1, 0.15) is 18.5 Å². The van der Waals surface area contributed by atoms with Crippen LogP contribution in [-0.2, 0) is 19.1 Å². The van der Waals surface area contributed by atoms with E-state index in [2.05, 4.69) is 5.32 Å². The lowest BCUT2D eigenvalue weighted by atomic mass is 10.1. The van der Waals surface area contributed by atoms with Gasteiger partial charge in [-0.15, -0.1) is 0 Å². The zero-order chi connectivity index (χ0) is 17.5. The third-order valence-electron chi connectivity index (χ3n) is 3.59. The zero-order valence-corrected chi connectivity index (χ0v) is 13.9. The molecule has 2 rings (SSSR count). The van der Waals surface area contributed by atoms with Crippen LogP contribution in [-0.4, -0.2) is 42.1 Å². The first-order valence-corrected chi connectivity index (χ1v) is 8.01. The van der Waals surface area contributed by atoms with Crippen LogP contribution in [0.3, 0.4) is 0 Å². The molecular weight excluding hydrogens is 314 g/mol. The predicted octanol–water partition coefficient (Wildman–Crippen LogP) is 1.84. The highest BCUT2D eigenvalue weighted by Crippen LogP contribution is 2.24. The SMILES string of the molecule is CCC(=O)OCC1O[C@H](Oc2ccc(NC(C)=O)cc2)CC[C@@H]1O. The second-order valence-corrected chi connectivity index (χ2v) is 5.61. The van der Waals surface area contributed by atoms with E-state index in [0.29, 0.717) is 24.3 Å². The molecule has 0 aromatic heterocycles. The van der Waals surface area contributed by atoms with Gasteiger partial charge in [0, 0.05) is 25.5 Å². The summed E-state index contributed by atoms with van der Waals surface area (Å²) in [4.78, 5) is 22.2. The van der Waals surface area contributed by atoms with Crippen molar-refractivity contribution in [2.75, 3.05) is 11.9 Å². The summed E-state index contributed by atoms with van der Waals surface area (Å²) in [6, 6.07) is 6.92. The van der Waals surface area contributed by atoms with Crippen LogP contribution in [0.25, 0.3) is 0 Å². The molecule has 0 spiro atoms. The van der Waals surface area contributed by atoms with E-state index in [0.717, 1.165) is 0 Å². The molecule has 1 fully saturated rings. The van der Waals surface area contributed by atoms with Crippen molar-refractivity contribution in [1.29, 1.82) is 0 Å². The molecule has 1 aliphatic heterocycles. The van der Waals surface area contributed by atoms with E-state index in [-0.39, 0.29) is 24.9 Å². The number of nitrogens with one attached hydrogen (secondary N) is 1. The van der Waals surface area contributed by atoms with Crippen LogP contribution < -0.4 is 10.1 Å². The number of benzene rings is 1. The summed E-state index contributed by atoms with van der Waals surface area (Å²) >= 11 is 0. The van der Waals surface area contributed by atoms with E-state index in [1.165, 1.54) is 6.92 Å². The highest BCUT2D eigenvalue weighted by atomic mass is 16.7. The van der Waals surface area contributed by atoms with Crippen molar-refractivity contribution >= 4 is 17.6 Å². The number of hydrogen-bond donors (Lipinski definition) is 2. The number of carbonyl (C=O) groups excluding carboxylic acids is 2. The number of amides is 1. The molecule has 132 valence electrons. The molecule has 7 nitrogen and oxygen atoms in total. The third kappa shape index (κ3) is 5.50. The van der Waals surface area contributed by atoms with Gasteiger partial charge >= 0.3 is 5.97 Å². The van der Waals surface area contributed by atoms with E-state index >= 15 is 0 Å². The average molecular weight is 337 g/mol. The van der Waals surface area contributed by atoms with E-state index < -0.39 is 18.5 Å². The molecule has 1 aromatic carbocycles. The van der Waals surface area contributed by atoms with E-state index in [1.807, 2.05) is 0 Å². The summed E-state index contributed by atoms with van der Waals surface area (Å²) in [6.07, 6.45) is -0.487. The van der Waals surface area contributed by atoms with Crippen LogP contribution in [0.4, 0.5) is 5.69 Å². The van der Waals surface area contributed by atoms with Crippen molar-refractivity contribution in [3.8, 4) is 5.75 Å². The lowest BCUT2D eigenvalue weighted by molar-refractivity contribution is -0.203. The molecule has 1 aliphatic rings. The molecule has 1 aromatic rings. The Morgan fingerprint density at radius 3 is 2.62 bits per heavy atom. The normalized spacial score (nSPS) is 23.4. The molecule has 1 amide bonds. The standard InChI is InChI=1S/C17H23NO6/c1-3-16(21)22-10-15-14(20)8-9-17(24-15)23-13-6-4-12(5-7-13)18-11(2)19/h4-7,14-15,17,20H,3,8-10H2,1-2H3,(H,18,19)/t14-,15?,17-/m0/s1. The maximum absolute atomic E-state index is 11.2. The molecule has 1 heterocycles. The highest BCUT2D eigenvalue weighted by molar-refractivity contribution is 5.88. The van der Waals surface area contributed by atoms with E-state index in [1.54, 1.807) is 31.2 Å². The van der Waals surface area contributed by atoms with E-state index in [4.69, 9.17) is 14.2 Å². The van der Waals surface area contributed by atoms with Crippen LogP contribution in [0.2, 0.25) is 0 Å². The monoisotopic (exact) mass is 337 g/mol. The van der Waals surface area contributed by atoms with Gasteiger partial charge in [0.2, 0.25) is 5.91 Å². The average Bonchev–Trinajstić information content (AvgIpc) is 2.56. The Balaban J connectivity index is 1.87. The summed E-state index contributed by atoms with van der Waals surface area (Å²) in [6.45, 7) is 3.16. The largest absolute Gasteiger partial charge is 0.465 e. The van der Waals surface area contributed by atoms with Gasteiger partial charge in [-0.2, -0.15) is 0 Å². The van der Waals surface area contributed by atoms with Gasteiger partial charge < -0.3 is 24.6 Å². The van der Waals surface area contributed by atoms with Gasteiger partial charge in [-0.3, -0.25) is 9.59 Å². The molecule has 24 heavy (non-hydrogen) atoms. The molecule has 0 radical (unpaired) electrons. The lowest BCUT2D eigenvalue weighted by Crippen LogP contribution is -2.44. The molecule has 1 unspecified atom stereocenters. The van der Waals surface area contributed by atoms with Crippen molar-refractivity contribution in [3.63, 3.8) is 0 Å². The van der Waals surface area contributed by atoms with Crippen LogP contribution in [0.1, 0.15) is 33.1 Å². The second-order valence-electron chi connectivity index (χ2n) is 5.61. The maximum atomic E-state index is 11.2. The summed E-state index contributed by atoms with van der Waals surface area (Å²) in [5.74, 6) is 0.120. The van der Waals surface area contributed by atoms with Crippen LogP contribution in [0, 0.1) is 0 Å². The molecule has 0 aliphatic carbocycles. The van der Waals surface area contributed by atoms with Crippen molar-refractivity contribution in [3.05, 3.63) is 24.3 Å². The molecule has 1 saturated heterocycles. The fourth-order valence-corrected chi connectivity index (χ4v) is 2.33. The van der Waals surface area contributed by atoms with E-state index in [9.17, 15) is 14.7 Å². The molecule has 0 saturated carbocycles. The quantitative estimate of drug-likeness (QED) is 0.769. The Morgan fingerprint density at radius 1 is 1.29 bits per heavy atom. The summed E-state index contributed by atoms with van der Waals surface area (Å²) in [7, 11) is 0. The fourth-order valence-electron chi connectivity index (χ4n) is 2.33. The van der Waals surface area contributed by atoms with Crippen LogP contribution >= 0.6 is 0 Å². The number of aliphatic hydroxyl groups is 1. The van der Waals surface area contributed by atoms with Gasteiger partial charge in [0.25, 0.3) is 0 Å². The molecule has 7 heteroatoms. The number of aliphatic hydroxyl groups excluding tert-OH is 1. The summed E-state index contributed by atoms with van der Waals surface area (Å²) in [5.41, 5.74) is 0.680. The molecule has 3 atom stereocenters. The number of rotatable bonds is 6. The first-order valence-electron chi connectivity index (χ1n) is 8.01. The minimum atomic E-state index is -0.684. The maximum Gasteiger partial charge on any atom is 0.305 e. The Hall–Kier alpha value is -2.12. The Morgan fingerprint density at radius 2 is 2.00 bits per heavy atom. The topological polar surface area (TPSA) is 94.1 Å². The minimum Gasteiger partial charge on any atom is -0.465 e. The third-order valence-corrected chi connectivity index (χ3v) is 3.59. The van der Waals surface area contributed by atoms with Crippen molar-refractivity contribution < 1.29 is 28.9 Å². The van der Waals surface area contributed by atoms with Gasteiger partial charge in [-0.25, -0.2) is 0 Å². The van der Waals surface area contributed by atoms with Crippen molar-refractivity contribution in [1.82, 2.24) is 0 Å². The van der Waals surface area contributed by atoms with Gasteiger partial charge in [-0.05, 0) is 30.7 Å². The second kappa shape index (κ2) is 8.65. The Bertz CT molecular complexity index is 559. The van der Waals surface area contributed by atoms with Gasteiger partial charge in [0.05, 0.1) is 6.10 Å². The fraction of sp³-hybridized carbons (Fsp3) is 0.529. The summed E-state index contributed by atoms with van der Waals surface area (Å²) in [5, 5.41) is 12.6. The predicted molar refractivity (Wildman–Crippen MR) is 86.5 cm³/mol. The first kappa shape index (κ1) is 18.2. The van der Waals surface area contributed by atoms with Crippen LogP contribution in [0.15, 0.2) is 24.3 Å². The molecular formula is C17H23NO6. The van der Waals surface area contributed by atoms with Crippen molar-refractivity contribution in [2.24, 2.45) is 0 Å².